The van der Waals surface area contributed by atoms with Gasteiger partial charge in [-0.3, -0.25) is 4.79 Å². The highest BCUT2D eigenvalue weighted by Gasteiger charge is 2.16. The lowest BCUT2D eigenvalue weighted by Crippen LogP contribution is -2.13. The summed E-state index contributed by atoms with van der Waals surface area (Å²) >= 11 is 3.39. The summed E-state index contributed by atoms with van der Waals surface area (Å²) in [4.78, 5) is 12.3. The van der Waals surface area contributed by atoms with Gasteiger partial charge in [0.05, 0.1) is 25.5 Å². The third-order valence-electron chi connectivity index (χ3n) is 2.77. The van der Waals surface area contributed by atoms with Gasteiger partial charge in [0.2, 0.25) is 0 Å². The number of halogens is 1. The van der Waals surface area contributed by atoms with Crippen LogP contribution in [0.2, 0.25) is 0 Å². The van der Waals surface area contributed by atoms with E-state index in [-0.39, 0.29) is 5.91 Å². The van der Waals surface area contributed by atoms with Crippen molar-refractivity contribution in [3.8, 4) is 11.5 Å². The summed E-state index contributed by atoms with van der Waals surface area (Å²) in [7, 11) is 3.04. The van der Waals surface area contributed by atoms with Crippen LogP contribution in [-0.4, -0.2) is 20.1 Å². The Kier molecular flexibility index (Phi) is 4.63. The quantitative estimate of drug-likeness (QED) is 0.926. The molecule has 0 aliphatic rings. The zero-order valence-corrected chi connectivity index (χ0v) is 12.7. The van der Waals surface area contributed by atoms with Gasteiger partial charge in [-0.25, -0.2) is 0 Å². The molecule has 1 amide bonds. The third kappa shape index (κ3) is 2.93. The van der Waals surface area contributed by atoms with E-state index in [1.807, 2.05) is 24.3 Å². The number of hydrogen-bond acceptors (Lipinski definition) is 3. The molecule has 0 radical (unpaired) electrons. The minimum Gasteiger partial charge on any atom is -0.493 e. The number of methoxy groups -OCH3 is 2. The molecule has 5 heteroatoms. The predicted octanol–water partition coefficient (Wildman–Crippen LogP) is 3.72. The molecule has 2 aromatic carbocycles. The molecule has 0 heterocycles. The van der Waals surface area contributed by atoms with Crippen molar-refractivity contribution in [1.29, 1.82) is 0 Å². The number of nitrogens with one attached hydrogen (secondary N) is 1. The lowest BCUT2D eigenvalue weighted by atomic mass is 10.1. The zero-order chi connectivity index (χ0) is 14.5. The van der Waals surface area contributed by atoms with Crippen molar-refractivity contribution in [2.75, 3.05) is 19.5 Å². The summed E-state index contributed by atoms with van der Waals surface area (Å²) < 4.78 is 11.3. The number of carbonyl (C=O) groups excluding carboxylic acids is 1. The number of para-hydroxylation sites is 2. The smallest absolute Gasteiger partial charge is 0.259 e. The van der Waals surface area contributed by atoms with Crippen molar-refractivity contribution in [3.63, 3.8) is 0 Å². The second-order valence-electron chi connectivity index (χ2n) is 3.98. The van der Waals surface area contributed by atoms with Gasteiger partial charge in [0.15, 0.2) is 11.5 Å². The van der Waals surface area contributed by atoms with Gasteiger partial charge in [-0.05, 0) is 40.2 Å². The van der Waals surface area contributed by atoms with Gasteiger partial charge >= 0.3 is 0 Å². The molecule has 104 valence electrons. The monoisotopic (exact) mass is 335 g/mol. The SMILES string of the molecule is COc1cccc(C(=O)Nc2ccccc2Br)c1OC. The fraction of sp³-hybridized carbons (Fsp3) is 0.133. The van der Waals surface area contributed by atoms with E-state index in [0.29, 0.717) is 22.7 Å². The molecule has 0 saturated heterocycles. The van der Waals surface area contributed by atoms with Crippen LogP contribution in [0.15, 0.2) is 46.9 Å². The summed E-state index contributed by atoms with van der Waals surface area (Å²) in [6.45, 7) is 0. The molecule has 4 nitrogen and oxygen atoms in total. The van der Waals surface area contributed by atoms with Crippen LogP contribution in [0.5, 0.6) is 11.5 Å². The van der Waals surface area contributed by atoms with Gasteiger partial charge < -0.3 is 14.8 Å². The summed E-state index contributed by atoms with van der Waals surface area (Å²) in [5, 5.41) is 2.83. The first-order valence-electron chi connectivity index (χ1n) is 5.94. The maximum absolute atomic E-state index is 12.3. The maximum atomic E-state index is 12.3. The fourth-order valence-electron chi connectivity index (χ4n) is 1.82. The van der Waals surface area contributed by atoms with Gasteiger partial charge in [0.1, 0.15) is 0 Å². The van der Waals surface area contributed by atoms with Crippen LogP contribution in [0.1, 0.15) is 10.4 Å². The van der Waals surface area contributed by atoms with Crippen LogP contribution >= 0.6 is 15.9 Å². The van der Waals surface area contributed by atoms with E-state index >= 15 is 0 Å². The molecule has 0 unspecified atom stereocenters. The van der Waals surface area contributed by atoms with Gasteiger partial charge in [-0.2, -0.15) is 0 Å². The zero-order valence-electron chi connectivity index (χ0n) is 11.1. The lowest BCUT2D eigenvalue weighted by Gasteiger charge is -2.13. The summed E-state index contributed by atoms with van der Waals surface area (Å²) in [6, 6.07) is 12.6. The standard InChI is InChI=1S/C15H14BrNO3/c1-19-13-9-5-6-10(14(13)20-2)15(18)17-12-8-4-3-7-11(12)16/h3-9H,1-2H3,(H,17,18). The van der Waals surface area contributed by atoms with Crippen LogP contribution in [0, 0.1) is 0 Å². The highest BCUT2D eigenvalue weighted by atomic mass is 79.9. The van der Waals surface area contributed by atoms with E-state index in [0.717, 1.165) is 4.47 Å². The van der Waals surface area contributed by atoms with E-state index in [1.165, 1.54) is 14.2 Å². The number of ether oxygens (including phenoxy) is 2. The molecule has 0 aromatic heterocycles. The van der Waals surface area contributed by atoms with E-state index in [9.17, 15) is 4.79 Å². The predicted molar refractivity (Wildman–Crippen MR) is 81.6 cm³/mol. The van der Waals surface area contributed by atoms with Crippen molar-refractivity contribution < 1.29 is 14.3 Å². The van der Waals surface area contributed by atoms with Crippen molar-refractivity contribution >= 4 is 27.5 Å². The molecular weight excluding hydrogens is 322 g/mol. The number of rotatable bonds is 4. The van der Waals surface area contributed by atoms with Gasteiger partial charge in [0, 0.05) is 4.47 Å². The van der Waals surface area contributed by atoms with Crippen molar-refractivity contribution in [1.82, 2.24) is 0 Å². The molecule has 0 fully saturated rings. The Labute approximate surface area is 125 Å². The number of carbonyl (C=O) groups is 1. The Morgan fingerprint density at radius 1 is 1.05 bits per heavy atom. The molecule has 0 atom stereocenters. The second kappa shape index (κ2) is 6.43. The number of hydrogen-bond donors (Lipinski definition) is 1. The van der Waals surface area contributed by atoms with Crippen LogP contribution in [0.4, 0.5) is 5.69 Å². The van der Waals surface area contributed by atoms with Gasteiger partial charge in [0.25, 0.3) is 5.91 Å². The molecule has 1 N–H and O–H groups in total. The summed E-state index contributed by atoms with van der Waals surface area (Å²) in [5.74, 6) is 0.680. The normalized spacial score (nSPS) is 9.95. The number of benzene rings is 2. The van der Waals surface area contributed by atoms with Gasteiger partial charge in [-0.1, -0.05) is 18.2 Å². The Morgan fingerprint density at radius 2 is 1.80 bits per heavy atom. The highest BCUT2D eigenvalue weighted by Crippen LogP contribution is 2.31. The van der Waals surface area contributed by atoms with E-state index in [2.05, 4.69) is 21.2 Å². The first-order valence-corrected chi connectivity index (χ1v) is 6.73. The van der Waals surface area contributed by atoms with Crippen LogP contribution in [0.3, 0.4) is 0 Å². The highest BCUT2D eigenvalue weighted by molar-refractivity contribution is 9.10. The van der Waals surface area contributed by atoms with Crippen LogP contribution in [-0.2, 0) is 0 Å². The maximum Gasteiger partial charge on any atom is 0.259 e. The molecule has 0 aliphatic heterocycles. The molecule has 0 saturated carbocycles. The minimum atomic E-state index is -0.257. The molecule has 0 bridgehead atoms. The average molecular weight is 336 g/mol. The molecular formula is C15H14BrNO3. The average Bonchev–Trinajstić information content (AvgIpc) is 2.48. The Hall–Kier alpha value is -2.01. The van der Waals surface area contributed by atoms with Crippen molar-refractivity contribution in [3.05, 3.63) is 52.5 Å². The van der Waals surface area contributed by atoms with Crippen molar-refractivity contribution in [2.45, 2.75) is 0 Å². The van der Waals surface area contributed by atoms with E-state index in [1.54, 1.807) is 18.2 Å². The first-order chi connectivity index (χ1) is 9.67. The first kappa shape index (κ1) is 14.4. The topological polar surface area (TPSA) is 47.6 Å². The lowest BCUT2D eigenvalue weighted by molar-refractivity contribution is 0.102. The van der Waals surface area contributed by atoms with E-state index in [4.69, 9.17) is 9.47 Å². The Morgan fingerprint density at radius 3 is 2.45 bits per heavy atom. The van der Waals surface area contributed by atoms with Crippen LogP contribution in [0.25, 0.3) is 0 Å². The largest absolute Gasteiger partial charge is 0.493 e. The molecule has 0 aliphatic carbocycles. The van der Waals surface area contributed by atoms with Crippen LogP contribution < -0.4 is 14.8 Å². The number of anilines is 1. The Bertz CT molecular complexity index is 628. The summed E-state index contributed by atoms with van der Waals surface area (Å²) in [5.41, 5.74) is 1.12. The molecule has 0 spiro atoms. The third-order valence-corrected chi connectivity index (χ3v) is 3.46. The second-order valence-corrected chi connectivity index (χ2v) is 4.83. The Balaban J connectivity index is 2.32. The molecule has 20 heavy (non-hydrogen) atoms. The number of amides is 1. The minimum absolute atomic E-state index is 0.257. The summed E-state index contributed by atoms with van der Waals surface area (Å²) in [6.07, 6.45) is 0. The molecule has 2 rings (SSSR count). The fourth-order valence-corrected chi connectivity index (χ4v) is 2.20. The van der Waals surface area contributed by atoms with Gasteiger partial charge in [-0.15, -0.1) is 0 Å². The van der Waals surface area contributed by atoms with Crippen molar-refractivity contribution in [2.24, 2.45) is 0 Å². The van der Waals surface area contributed by atoms with E-state index < -0.39 is 0 Å². The molecule has 2 aromatic rings.